The Balaban J connectivity index is 1.48. The van der Waals surface area contributed by atoms with Gasteiger partial charge in [0.25, 0.3) is 0 Å². The fourth-order valence-electron chi connectivity index (χ4n) is 3.50. The lowest BCUT2D eigenvalue weighted by Crippen LogP contribution is -2.23. The molecule has 0 bridgehead atoms. The number of likely N-dealkylation sites (N-methyl/N-ethyl adjacent to an activating group) is 1. The van der Waals surface area contributed by atoms with Crippen molar-refractivity contribution >= 4 is 44.9 Å². The van der Waals surface area contributed by atoms with Crippen molar-refractivity contribution < 1.29 is 9.53 Å². The highest BCUT2D eigenvalue weighted by molar-refractivity contribution is 7.18. The molecular weight excluding hydrogens is 458 g/mol. The minimum Gasteiger partial charge on any atom is -0.501 e. The first kappa shape index (κ1) is 22.9. The highest BCUT2D eigenvalue weighted by atomic mass is 35.5. The zero-order valence-electron chi connectivity index (χ0n) is 18.6. The smallest absolute Gasteiger partial charge is 0.228 e. The van der Waals surface area contributed by atoms with Crippen LogP contribution in [0.1, 0.15) is 12.0 Å². The fraction of sp³-hybridized carbons (Fsp3) is 0.250. The SMILES string of the molecule is COC1=C(CN(C)c2ncc(-c3cccc(Nc4cc(C)ccn4)n3)s2)C=CC(C(=O)Cl)C1. The van der Waals surface area contributed by atoms with Crippen LogP contribution in [0.3, 0.4) is 0 Å². The minimum atomic E-state index is -0.375. The number of nitrogens with zero attached hydrogens (tertiary/aromatic N) is 4. The summed E-state index contributed by atoms with van der Waals surface area (Å²) >= 11 is 7.21. The predicted molar refractivity (Wildman–Crippen MR) is 133 cm³/mol. The molecule has 7 nitrogen and oxygen atoms in total. The Hall–Kier alpha value is -3.23. The Morgan fingerprint density at radius 1 is 1.30 bits per heavy atom. The van der Waals surface area contributed by atoms with Gasteiger partial charge in [0, 0.05) is 38.0 Å². The third-order valence-electron chi connectivity index (χ3n) is 5.23. The van der Waals surface area contributed by atoms with E-state index in [1.165, 1.54) is 0 Å². The van der Waals surface area contributed by atoms with Crippen LogP contribution in [0, 0.1) is 12.8 Å². The molecule has 3 aromatic rings. The molecule has 3 heterocycles. The van der Waals surface area contributed by atoms with E-state index in [0.717, 1.165) is 44.2 Å². The van der Waals surface area contributed by atoms with E-state index in [9.17, 15) is 4.79 Å². The lowest BCUT2D eigenvalue weighted by molar-refractivity contribution is -0.114. The van der Waals surface area contributed by atoms with Crippen molar-refractivity contribution in [1.82, 2.24) is 15.0 Å². The van der Waals surface area contributed by atoms with Gasteiger partial charge < -0.3 is 15.0 Å². The summed E-state index contributed by atoms with van der Waals surface area (Å²) in [6, 6.07) is 9.76. The van der Waals surface area contributed by atoms with Gasteiger partial charge in [-0.15, -0.1) is 0 Å². The van der Waals surface area contributed by atoms with Crippen molar-refractivity contribution in [2.45, 2.75) is 13.3 Å². The van der Waals surface area contributed by atoms with Gasteiger partial charge in [0.05, 0.1) is 23.6 Å². The molecule has 0 saturated heterocycles. The van der Waals surface area contributed by atoms with E-state index in [1.807, 2.05) is 62.7 Å². The zero-order chi connectivity index (χ0) is 23.4. The van der Waals surface area contributed by atoms with Crippen molar-refractivity contribution in [3.05, 3.63) is 71.8 Å². The van der Waals surface area contributed by atoms with Crippen LogP contribution in [-0.2, 0) is 9.53 Å². The first-order valence-electron chi connectivity index (χ1n) is 10.4. The Morgan fingerprint density at radius 2 is 2.15 bits per heavy atom. The summed E-state index contributed by atoms with van der Waals surface area (Å²) in [5, 5.41) is 3.74. The molecule has 1 aliphatic carbocycles. The molecule has 0 aliphatic heterocycles. The molecule has 3 aromatic heterocycles. The molecule has 170 valence electrons. The maximum absolute atomic E-state index is 11.5. The number of ether oxygens (including phenoxy) is 1. The number of methoxy groups -OCH3 is 1. The monoisotopic (exact) mass is 481 g/mol. The number of hydrogen-bond donors (Lipinski definition) is 1. The summed E-state index contributed by atoms with van der Waals surface area (Å²) in [4.78, 5) is 28.1. The largest absolute Gasteiger partial charge is 0.501 e. The Labute approximate surface area is 201 Å². The van der Waals surface area contributed by atoms with Gasteiger partial charge in [0.2, 0.25) is 5.24 Å². The van der Waals surface area contributed by atoms with E-state index in [4.69, 9.17) is 21.3 Å². The number of allylic oxidation sites excluding steroid dienone is 2. The van der Waals surface area contributed by atoms with Gasteiger partial charge >= 0.3 is 0 Å². The van der Waals surface area contributed by atoms with Gasteiger partial charge in [0.15, 0.2) is 5.13 Å². The number of rotatable bonds is 8. The van der Waals surface area contributed by atoms with E-state index in [1.54, 1.807) is 24.6 Å². The van der Waals surface area contributed by atoms with E-state index >= 15 is 0 Å². The third kappa shape index (κ3) is 5.58. The second-order valence-electron chi connectivity index (χ2n) is 7.74. The van der Waals surface area contributed by atoms with Crippen LogP contribution in [0.4, 0.5) is 16.8 Å². The second kappa shape index (κ2) is 10.1. The van der Waals surface area contributed by atoms with Crippen LogP contribution in [0.2, 0.25) is 0 Å². The molecule has 4 rings (SSSR count). The summed E-state index contributed by atoms with van der Waals surface area (Å²) in [7, 11) is 3.59. The van der Waals surface area contributed by atoms with Crippen molar-refractivity contribution in [3.63, 3.8) is 0 Å². The van der Waals surface area contributed by atoms with Crippen LogP contribution >= 0.6 is 22.9 Å². The summed E-state index contributed by atoms with van der Waals surface area (Å²) in [6.45, 7) is 2.63. The van der Waals surface area contributed by atoms with Crippen LogP contribution in [0.25, 0.3) is 10.6 Å². The molecule has 0 radical (unpaired) electrons. The van der Waals surface area contributed by atoms with Crippen molar-refractivity contribution in [3.8, 4) is 10.6 Å². The molecule has 1 aliphatic rings. The number of hydrogen-bond acceptors (Lipinski definition) is 8. The van der Waals surface area contributed by atoms with Crippen LogP contribution in [0.15, 0.2) is 66.2 Å². The molecule has 0 amide bonds. The number of thiazole rings is 1. The average molecular weight is 482 g/mol. The van der Waals surface area contributed by atoms with E-state index in [0.29, 0.717) is 13.0 Å². The molecular formula is C24H24ClN5O2S. The molecule has 0 aromatic carbocycles. The number of anilines is 3. The van der Waals surface area contributed by atoms with Gasteiger partial charge in [-0.2, -0.15) is 0 Å². The van der Waals surface area contributed by atoms with E-state index < -0.39 is 0 Å². The fourth-order valence-corrected chi connectivity index (χ4v) is 4.49. The van der Waals surface area contributed by atoms with Gasteiger partial charge in [-0.25, -0.2) is 15.0 Å². The van der Waals surface area contributed by atoms with Gasteiger partial charge in [-0.05, 0) is 48.4 Å². The minimum absolute atomic E-state index is 0.343. The highest BCUT2D eigenvalue weighted by Crippen LogP contribution is 2.32. The normalized spacial score (nSPS) is 15.5. The average Bonchev–Trinajstić information content (AvgIpc) is 3.30. The molecule has 0 fully saturated rings. The highest BCUT2D eigenvalue weighted by Gasteiger charge is 2.23. The summed E-state index contributed by atoms with van der Waals surface area (Å²) < 4.78 is 5.52. The maximum atomic E-state index is 11.5. The molecule has 1 unspecified atom stereocenters. The Morgan fingerprint density at radius 3 is 2.91 bits per heavy atom. The number of carbonyl (C=O) groups excluding carboxylic acids is 1. The lowest BCUT2D eigenvalue weighted by Gasteiger charge is -2.23. The van der Waals surface area contributed by atoms with Crippen molar-refractivity contribution in [2.75, 3.05) is 30.9 Å². The second-order valence-corrected chi connectivity index (χ2v) is 9.12. The van der Waals surface area contributed by atoms with Gasteiger partial charge in [0.1, 0.15) is 17.4 Å². The summed E-state index contributed by atoms with van der Waals surface area (Å²) in [5.41, 5.74) is 2.96. The topological polar surface area (TPSA) is 80.2 Å². The van der Waals surface area contributed by atoms with Crippen molar-refractivity contribution in [1.29, 1.82) is 0 Å². The molecule has 9 heteroatoms. The summed E-state index contributed by atoms with van der Waals surface area (Å²) in [5.74, 6) is 1.90. The lowest BCUT2D eigenvalue weighted by atomic mass is 9.95. The maximum Gasteiger partial charge on any atom is 0.228 e. The van der Waals surface area contributed by atoms with Gasteiger partial charge in [-0.1, -0.05) is 29.6 Å². The third-order valence-corrected chi connectivity index (χ3v) is 6.65. The quantitative estimate of drug-likeness (QED) is 0.435. The number of halogens is 1. The molecule has 1 N–H and O–H groups in total. The first-order chi connectivity index (χ1) is 15.9. The van der Waals surface area contributed by atoms with Crippen LogP contribution < -0.4 is 10.2 Å². The van der Waals surface area contributed by atoms with Crippen molar-refractivity contribution in [2.24, 2.45) is 5.92 Å². The summed E-state index contributed by atoms with van der Waals surface area (Å²) in [6.07, 6.45) is 7.82. The standard InChI is InChI=1S/C24H24ClN5O2S/c1-15-9-10-26-22(11-15)29-21-6-4-5-18(28-21)20-13-27-24(33-20)30(2)14-17-8-7-16(23(25)31)12-19(17)32-3/h4-11,13,16H,12,14H2,1-3H3,(H,26,28,29). The Kier molecular flexibility index (Phi) is 7.05. The van der Waals surface area contributed by atoms with E-state index in [-0.39, 0.29) is 11.2 Å². The molecule has 33 heavy (non-hydrogen) atoms. The number of nitrogens with one attached hydrogen (secondary N) is 1. The molecule has 1 atom stereocenters. The zero-order valence-corrected chi connectivity index (χ0v) is 20.2. The van der Waals surface area contributed by atoms with Crippen LogP contribution in [0.5, 0.6) is 0 Å². The number of carbonyl (C=O) groups is 1. The predicted octanol–water partition coefficient (Wildman–Crippen LogP) is 5.33. The number of aromatic nitrogens is 3. The van der Waals surface area contributed by atoms with Gasteiger partial charge in [-0.3, -0.25) is 4.79 Å². The number of aryl methyl sites for hydroxylation is 1. The number of pyridine rings is 2. The molecule has 0 spiro atoms. The molecule has 0 saturated carbocycles. The van der Waals surface area contributed by atoms with E-state index in [2.05, 4.69) is 20.2 Å². The van der Waals surface area contributed by atoms with Crippen LogP contribution in [-0.4, -0.2) is 40.9 Å². The Bertz CT molecular complexity index is 1220. The first-order valence-corrected chi connectivity index (χ1v) is 11.6.